The molecule has 0 bridgehead atoms. The normalized spacial score (nSPS) is 18.7. The van der Waals surface area contributed by atoms with Gasteiger partial charge in [-0.2, -0.15) is 5.10 Å². The fourth-order valence-corrected chi connectivity index (χ4v) is 4.33. The van der Waals surface area contributed by atoms with E-state index in [1.807, 2.05) is 23.5 Å². The minimum atomic E-state index is 0.237. The number of hydrogen-bond acceptors (Lipinski definition) is 4. The first-order valence-electron chi connectivity index (χ1n) is 7.42. The van der Waals surface area contributed by atoms with Gasteiger partial charge in [-0.3, -0.25) is 16.0 Å². The summed E-state index contributed by atoms with van der Waals surface area (Å²) in [5.41, 5.74) is 6.84. The first-order valence-corrected chi connectivity index (χ1v) is 8.41. The molecule has 4 nitrogen and oxygen atoms in total. The van der Waals surface area contributed by atoms with Gasteiger partial charge in [0, 0.05) is 41.8 Å². The molecule has 0 radical (unpaired) electrons. The summed E-state index contributed by atoms with van der Waals surface area (Å²) in [6.07, 6.45) is 1.87. The number of aromatic nitrogens is 2. The fourth-order valence-electron chi connectivity index (χ4n) is 3.00. The molecule has 2 unspecified atom stereocenters. The van der Waals surface area contributed by atoms with E-state index < -0.39 is 0 Å². The van der Waals surface area contributed by atoms with Gasteiger partial charge in [0.05, 0.1) is 5.69 Å². The predicted molar refractivity (Wildman–Crippen MR) is 87.3 cm³/mol. The Morgan fingerprint density at radius 2 is 2.29 bits per heavy atom. The number of thioether (sulfide) groups is 1. The number of hydrazine groups is 1. The van der Waals surface area contributed by atoms with Crippen molar-refractivity contribution in [3.05, 3.63) is 47.3 Å². The van der Waals surface area contributed by atoms with Gasteiger partial charge in [-0.05, 0) is 24.1 Å². The molecule has 1 aliphatic rings. The van der Waals surface area contributed by atoms with Gasteiger partial charge in [0.15, 0.2) is 0 Å². The number of nitrogens with zero attached hydrogens (tertiary/aromatic N) is 2. The van der Waals surface area contributed by atoms with Crippen LogP contribution in [0.3, 0.4) is 0 Å². The number of rotatable bonds is 5. The van der Waals surface area contributed by atoms with Crippen LogP contribution in [0.25, 0.3) is 0 Å². The van der Waals surface area contributed by atoms with Crippen molar-refractivity contribution >= 4 is 11.8 Å². The predicted octanol–water partition coefficient (Wildman–Crippen LogP) is 2.25. The third kappa shape index (κ3) is 2.86. The van der Waals surface area contributed by atoms with Crippen molar-refractivity contribution in [2.24, 2.45) is 12.9 Å². The van der Waals surface area contributed by atoms with Crippen LogP contribution in [-0.2, 0) is 19.9 Å². The summed E-state index contributed by atoms with van der Waals surface area (Å²) in [5.74, 6) is 7.40. The lowest BCUT2D eigenvalue weighted by atomic mass is 9.91. The highest BCUT2D eigenvalue weighted by Gasteiger charge is 2.30. The lowest BCUT2D eigenvalue weighted by Gasteiger charge is -2.23. The van der Waals surface area contributed by atoms with Gasteiger partial charge in [0.25, 0.3) is 0 Å². The van der Waals surface area contributed by atoms with E-state index in [-0.39, 0.29) is 6.04 Å². The molecule has 1 aliphatic heterocycles. The molecular weight excluding hydrogens is 280 g/mol. The molecule has 0 fully saturated rings. The van der Waals surface area contributed by atoms with Crippen LogP contribution in [0.2, 0.25) is 0 Å². The highest BCUT2D eigenvalue weighted by Crippen LogP contribution is 2.41. The van der Waals surface area contributed by atoms with Crippen molar-refractivity contribution in [2.75, 3.05) is 5.75 Å². The van der Waals surface area contributed by atoms with Gasteiger partial charge in [0.1, 0.15) is 0 Å². The molecule has 0 saturated carbocycles. The van der Waals surface area contributed by atoms with Crippen LogP contribution in [0.4, 0.5) is 0 Å². The minimum absolute atomic E-state index is 0.237. The molecule has 0 amide bonds. The van der Waals surface area contributed by atoms with Gasteiger partial charge in [-0.1, -0.05) is 25.1 Å². The Morgan fingerprint density at radius 1 is 1.48 bits per heavy atom. The Kier molecular flexibility index (Phi) is 4.33. The quantitative estimate of drug-likeness (QED) is 0.657. The summed E-state index contributed by atoms with van der Waals surface area (Å²) in [6.45, 7) is 2.13. The van der Waals surface area contributed by atoms with Crippen LogP contribution in [0.15, 0.2) is 35.2 Å². The maximum absolute atomic E-state index is 5.86. The Hall–Kier alpha value is -1.30. The van der Waals surface area contributed by atoms with Gasteiger partial charge in [-0.15, -0.1) is 11.8 Å². The van der Waals surface area contributed by atoms with Gasteiger partial charge >= 0.3 is 0 Å². The Morgan fingerprint density at radius 3 is 3.00 bits per heavy atom. The highest BCUT2D eigenvalue weighted by molar-refractivity contribution is 7.99. The van der Waals surface area contributed by atoms with Crippen LogP contribution < -0.4 is 11.3 Å². The van der Waals surface area contributed by atoms with Crippen molar-refractivity contribution in [3.63, 3.8) is 0 Å². The molecule has 1 aromatic carbocycles. The molecule has 1 aromatic heterocycles. The van der Waals surface area contributed by atoms with Crippen LogP contribution in [0, 0.1) is 0 Å². The molecule has 112 valence electrons. The van der Waals surface area contributed by atoms with E-state index in [4.69, 9.17) is 5.84 Å². The number of hydrogen-bond donors (Lipinski definition) is 2. The van der Waals surface area contributed by atoms with E-state index in [2.05, 4.69) is 47.8 Å². The summed E-state index contributed by atoms with van der Waals surface area (Å²) in [4.78, 5) is 1.39. The summed E-state index contributed by atoms with van der Waals surface area (Å²) < 4.78 is 1.98. The SMILES string of the molecule is CCc1cc(CC(NN)C2CSc3ccccc32)n(C)n1. The summed E-state index contributed by atoms with van der Waals surface area (Å²) in [5, 5.41) is 4.53. The van der Waals surface area contributed by atoms with Gasteiger partial charge < -0.3 is 0 Å². The number of benzene rings is 1. The molecule has 0 aliphatic carbocycles. The van der Waals surface area contributed by atoms with Crippen molar-refractivity contribution in [1.29, 1.82) is 0 Å². The van der Waals surface area contributed by atoms with Gasteiger partial charge in [0.2, 0.25) is 0 Å². The second-order valence-electron chi connectivity index (χ2n) is 5.54. The second kappa shape index (κ2) is 6.22. The zero-order valence-corrected chi connectivity index (χ0v) is 13.4. The zero-order valence-electron chi connectivity index (χ0n) is 12.5. The van der Waals surface area contributed by atoms with Crippen molar-refractivity contribution < 1.29 is 0 Å². The first-order chi connectivity index (χ1) is 10.2. The molecule has 0 saturated heterocycles. The van der Waals surface area contributed by atoms with E-state index >= 15 is 0 Å². The van der Waals surface area contributed by atoms with Crippen molar-refractivity contribution in [3.8, 4) is 0 Å². The molecule has 5 heteroatoms. The Bertz CT molecular complexity index is 622. The fraction of sp³-hybridized carbons (Fsp3) is 0.438. The summed E-state index contributed by atoms with van der Waals surface area (Å²) in [7, 11) is 2.01. The molecule has 2 aromatic rings. The van der Waals surface area contributed by atoms with Gasteiger partial charge in [-0.25, -0.2) is 0 Å². The van der Waals surface area contributed by atoms with E-state index in [1.54, 1.807) is 0 Å². The number of fused-ring (bicyclic) bond motifs is 1. The standard InChI is InChI=1S/C16H22N4S/c1-3-11-8-12(20(2)19-11)9-15(18-17)14-10-21-16-7-5-4-6-13(14)16/h4-8,14-15,18H,3,9-10,17H2,1-2H3. The Balaban J connectivity index is 1.81. The highest BCUT2D eigenvalue weighted by atomic mass is 32.2. The molecule has 21 heavy (non-hydrogen) atoms. The van der Waals surface area contributed by atoms with E-state index in [1.165, 1.54) is 16.2 Å². The van der Waals surface area contributed by atoms with Crippen molar-refractivity contribution in [1.82, 2.24) is 15.2 Å². The smallest absolute Gasteiger partial charge is 0.0624 e. The van der Waals surface area contributed by atoms with Crippen LogP contribution in [0.5, 0.6) is 0 Å². The molecule has 3 rings (SSSR count). The van der Waals surface area contributed by atoms with E-state index in [0.717, 1.165) is 24.3 Å². The average Bonchev–Trinajstić information content (AvgIpc) is 3.08. The maximum Gasteiger partial charge on any atom is 0.0624 e. The van der Waals surface area contributed by atoms with Crippen molar-refractivity contribution in [2.45, 2.75) is 36.6 Å². The zero-order chi connectivity index (χ0) is 14.8. The monoisotopic (exact) mass is 302 g/mol. The topological polar surface area (TPSA) is 55.9 Å². The third-order valence-corrected chi connectivity index (χ3v) is 5.46. The Labute approximate surface area is 130 Å². The van der Waals surface area contributed by atoms with Crippen LogP contribution >= 0.6 is 11.8 Å². The molecule has 2 atom stereocenters. The summed E-state index contributed by atoms with van der Waals surface area (Å²) >= 11 is 1.93. The molecule has 2 heterocycles. The maximum atomic E-state index is 5.86. The lowest BCUT2D eigenvalue weighted by molar-refractivity contribution is 0.451. The lowest BCUT2D eigenvalue weighted by Crippen LogP contribution is -2.42. The average molecular weight is 302 g/mol. The van der Waals surface area contributed by atoms with E-state index in [0.29, 0.717) is 5.92 Å². The first kappa shape index (κ1) is 14.6. The van der Waals surface area contributed by atoms with Crippen LogP contribution in [0.1, 0.15) is 29.8 Å². The largest absolute Gasteiger partial charge is 0.272 e. The number of nitrogens with two attached hydrogens (primary N) is 1. The van der Waals surface area contributed by atoms with E-state index in [9.17, 15) is 0 Å². The third-order valence-electron chi connectivity index (χ3n) is 4.26. The molecule has 0 spiro atoms. The number of nitrogens with one attached hydrogen (secondary N) is 1. The second-order valence-corrected chi connectivity index (χ2v) is 6.60. The molecular formula is C16H22N4S. The summed E-state index contributed by atoms with van der Waals surface area (Å²) in [6, 6.07) is 11.1. The number of aryl methyl sites for hydroxylation is 2. The molecule has 3 N–H and O–H groups in total. The minimum Gasteiger partial charge on any atom is -0.272 e. The van der Waals surface area contributed by atoms with Crippen LogP contribution in [-0.4, -0.2) is 21.6 Å².